The lowest BCUT2D eigenvalue weighted by atomic mass is 10.5. The Labute approximate surface area is 71.2 Å². The molecule has 0 radical (unpaired) electrons. The first-order valence-corrected chi connectivity index (χ1v) is 3.49. The molecule has 0 fully saturated rings. The number of hydrogen-bond acceptors (Lipinski definition) is 5. The number of aromatic nitrogens is 2. The molecule has 66 valence electrons. The van der Waals surface area contributed by atoms with Gasteiger partial charge in [-0.05, 0) is 0 Å². The van der Waals surface area contributed by atoms with Crippen molar-refractivity contribution in [3.63, 3.8) is 0 Å². The molecule has 0 spiro atoms. The van der Waals surface area contributed by atoms with Gasteiger partial charge in [0.1, 0.15) is 11.6 Å². The smallest absolute Gasteiger partial charge is 0.320 e. The number of hydrogen-bond donors (Lipinski definition) is 1. The average Bonchev–Trinajstić information content (AvgIpc) is 2.03. The van der Waals surface area contributed by atoms with Crippen LogP contribution in [0.15, 0.2) is 6.07 Å². The Kier molecular flexibility index (Phi) is 2.32. The van der Waals surface area contributed by atoms with Gasteiger partial charge in [-0.25, -0.2) is 0 Å². The third-order valence-corrected chi connectivity index (χ3v) is 1.35. The summed E-state index contributed by atoms with van der Waals surface area (Å²) in [7, 11) is 5.26. The first-order chi connectivity index (χ1) is 5.63. The summed E-state index contributed by atoms with van der Waals surface area (Å²) in [5.41, 5.74) is 5.52. The van der Waals surface area contributed by atoms with E-state index in [1.54, 1.807) is 6.07 Å². The van der Waals surface area contributed by atoms with E-state index in [-0.39, 0.29) is 0 Å². The van der Waals surface area contributed by atoms with Crippen LogP contribution in [0.4, 0.5) is 11.6 Å². The molecule has 1 rings (SSSR count). The zero-order valence-corrected chi connectivity index (χ0v) is 7.40. The minimum atomic E-state index is 0.290. The van der Waals surface area contributed by atoms with Crippen molar-refractivity contribution >= 4 is 11.6 Å². The van der Waals surface area contributed by atoms with Gasteiger partial charge in [0.15, 0.2) is 0 Å². The molecule has 0 amide bonds. The number of rotatable bonds is 2. The molecule has 2 N–H and O–H groups in total. The van der Waals surface area contributed by atoms with E-state index in [1.807, 2.05) is 19.0 Å². The molecule has 5 nitrogen and oxygen atoms in total. The van der Waals surface area contributed by atoms with E-state index in [2.05, 4.69) is 9.97 Å². The largest absolute Gasteiger partial charge is 0.467 e. The lowest BCUT2D eigenvalue weighted by Crippen LogP contribution is -2.12. The Morgan fingerprint density at radius 2 is 2.08 bits per heavy atom. The van der Waals surface area contributed by atoms with Gasteiger partial charge in [-0.3, -0.25) is 0 Å². The van der Waals surface area contributed by atoms with Gasteiger partial charge in [0.2, 0.25) is 0 Å². The maximum Gasteiger partial charge on any atom is 0.320 e. The van der Waals surface area contributed by atoms with E-state index in [0.29, 0.717) is 11.8 Å². The first-order valence-electron chi connectivity index (χ1n) is 3.49. The number of nitrogens with two attached hydrogens (primary N) is 1. The molecular formula is C7H12N4O. The van der Waals surface area contributed by atoms with Crippen LogP contribution < -0.4 is 15.4 Å². The fourth-order valence-corrected chi connectivity index (χ4v) is 0.751. The molecule has 0 aliphatic heterocycles. The van der Waals surface area contributed by atoms with Crippen molar-refractivity contribution in [3.8, 4) is 6.01 Å². The second-order valence-corrected chi connectivity index (χ2v) is 2.53. The molecule has 1 aromatic heterocycles. The molecule has 0 saturated heterocycles. The van der Waals surface area contributed by atoms with Crippen LogP contribution in [0.2, 0.25) is 0 Å². The molecule has 12 heavy (non-hydrogen) atoms. The molecule has 0 aliphatic carbocycles. The van der Waals surface area contributed by atoms with Crippen LogP contribution in [0.5, 0.6) is 6.01 Å². The van der Waals surface area contributed by atoms with Gasteiger partial charge in [-0.1, -0.05) is 0 Å². The number of anilines is 2. The van der Waals surface area contributed by atoms with Crippen LogP contribution in [0.25, 0.3) is 0 Å². The summed E-state index contributed by atoms with van der Waals surface area (Å²) in [5.74, 6) is 1.14. The Morgan fingerprint density at radius 3 is 2.58 bits per heavy atom. The van der Waals surface area contributed by atoms with E-state index in [4.69, 9.17) is 10.5 Å². The van der Waals surface area contributed by atoms with Gasteiger partial charge < -0.3 is 15.4 Å². The third kappa shape index (κ3) is 1.75. The maximum atomic E-state index is 5.52. The summed E-state index contributed by atoms with van der Waals surface area (Å²) >= 11 is 0. The summed E-state index contributed by atoms with van der Waals surface area (Å²) < 4.78 is 4.86. The molecule has 0 unspecified atom stereocenters. The lowest BCUT2D eigenvalue weighted by molar-refractivity contribution is 0.381. The number of methoxy groups -OCH3 is 1. The zero-order valence-electron chi connectivity index (χ0n) is 7.40. The van der Waals surface area contributed by atoms with E-state index < -0.39 is 0 Å². The average molecular weight is 168 g/mol. The number of ether oxygens (including phenoxy) is 1. The maximum absolute atomic E-state index is 5.52. The van der Waals surface area contributed by atoms with E-state index in [9.17, 15) is 0 Å². The predicted octanol–water partition coefficient (Wildman–Crippen LogP) is 0.133. The highest BCUT2D eigenvalue weighted by Crippen LogP contribution is 2.14. The zero-order chi connectivity index (χ0) is 9.14. The van der Waals surface area contributed by atoms with E-state index in [0.717, 1.165) is 5.82 Å². The molecule has 0 saturated carbocycles. The van der Waals surface area contributed by atoms with E-state index >= 15 is 0 Å². The summed E-state index contributed by atoms with van der Waals surface area (Å²) in [5, 5.41) is 0. The van der Waals surface area contributed by atoms with Crippen molar-refractivity contribution in [2.75, 3.05) is 31.8 Å². The normalized spacial score (nSPS) is 9.58. The summed E-state index contributed by atoms with van der Waals surface area (Å²) in [4.78, 5) is 9.75. The van der Waals surface area contributed by atoms with Crippen molar-refractivity contribution in [2.45, 2.75) is 0 Å². The van der Waals surface area contributed by atoms with Gasteiger partial charge in [0.05, 0.1) is 7.11 Å². The lowest BCUT2D eigenvalue weighted by Gasteiger charge is -2.11. The Morgan fingerprint density at radius 1 is 1.42 bits per heavy atom. The van der Waals surface area contributed by atoms with Crippen LogP contribution >= 0.6 is 0 Å². The van der Waals surface area contributed by atoms with Crippen molar-refractivity contribution < 1.29 is 4.74 Å². The Balaban J connectivity index is 3.06. The van der Waals surface area contributed by atoms with Crippen LogP contribution in [-0.2, 0) is 0 Å². The first kappa shape index (κ1) is 8.58. The second kappa shape index (κ2) is 3.25. The van der Waals surface area contributed by atoms with Crippen molar-refractivity contribution in [1.29, 1.82) is 0 Å². The quantitative estimate of drug-likeness (QED) is 0.680. The van der Waals surface area contributed by atoms with Gasteiger partial charge in [0, 0.05) is 20.2 Å². The van der Waals surface area contributed by atoms with Crippen LogP contribution in [0.1, 0.15) is 0 Å². The minimum Gasteiger partial charge on any atom is -0.467 e. The molecule has 1 aromatic rings. The molecule has 0 bridgehead atoms. The van der Waals surface area contributed by atoms with Crippen LogP contribution in [-0.4, -0.2) is 31.2 Å². The fraction of sp³-hybridized carbons (Fsp3) is 0.429. The highest BCUT2D eigenvalue weighted by Gasteiger charge is 2.02. The number of nitrogen functional groups attached to an aromatic ring is 1. The van der Waals surface area contributed by atoms with Gasteiger partial charge >= 0.3 is 6.01 Å². The molecule has 5 heteroatoms. The minimum absolute atomic E-state index is 0.290. The highest BCUT2D eigenvalue weighted by molar-refractivity contribution is 5.46. The van der Waals surface area contributed by atoms with Crippen molar-refractivity contribution in [1.82, 2.24) is 9.97 Å². The summed E-state index contributed by atoms with van der Waals surface area (Å²) in [6, 6.07) is 1.97. The third-order valence-electron chi connectivity index (χ3n) is 1.35. The molecule has 0 aliphatic rings. The molecule has 1 heterocycles. The van der Waals surface area contributed by atoms with E-state index in [1.165, 1.54) is 7.11 Å². The highest BCUT2D eigenvalue weighted by atomic mass is 16.5. The van der Waals surface area contributed by atoms with Gasteiger partial charge in [-0.15, -0.1) is 0 Å². The fourth-order valence-electron chi connectivity index (χ4n) is 0.751. The van der Waals surface area contributed by atoms with Crippen LogP contribution in [0.3, 0.4) is 0 Å². The number of nitrogens with zero attached hydrogens (tertiary/aromatic N) is 3. The monoisotopic (exact) mass is 168 g/mol. The van der Waals surface area contributed by atoms with Crippen molar-refractivity contribution in [3.05, 3.63) is 6.07 Å². The summed E-state index contributed by atoms with van der Waals surface area (Å²) in [6.07, 6.45) is 0. The summed E-state index contributed by atoms with van der Waals surface area (Å²) in [6.45, 7) is 0. The van der Waals surface area contributed by atoms with Crippen molar-refractivity contribution in [2.24, 2.45) is 0 Å². The molecule has 0 aromatic carbocycles. The molecule has 0 atom stereocenters. The van der Waals surface area contributed by atoms with Crippen LogP contribution in [0, 0.1) is 0 Å². The SMILES string of the molecule is COc1nc(N)cc(N(C)C)n1. The Bertz CT molecular complexity index is 274. The molecular weight excluding hydrogens is 156 g/mol. The van der Waals surface area contributed by atoms with Gasteiger partial charge in [0.25, 0.3) is 0 Å². The topological polar surface area (TPSA) is 64.3 Å². The van der Waals surface area contributed by atoms with Gasteiger partial charge in [-0.2, -0.15) is 9.97 Å². The standard InChI is InChI=1S/C7H12N4O/c1-11(2)6-4-5(8)9-7(10-6)12-3/h4H,1-3H3,(H2,8,9,10). The Hall–Kier alpha value is -1.52. The predicted molar refractivity (Wildman–Crippen MR) is 47.3 cm³/mol. The second-order valence-electron chi connectivity index (χ2n) is 2.53.